The molecular weight excluding hydrogens is 414 g/mol. The number of aromatic amines is 1. The molecule has 0 saturated carbocycles. The largest absolute Gasteiger partial charge is 0.355 e. The van der Waals surface area contributed by atoms with Gasteiger partial charge in [-0.3, -0.25) is 14.7 Å². The molecule has 0 radical (unpaired) electrons. The molecule has 4 N–H and O–H groups in total. The summed E-state index contributed by atoms with van der Waals surface area (Å²) >= 11 is 0. The van der Waals surface area contributed by atoms with Crippen LogP contribution in [0.5, 0.6) is 0 Å². The molecule has 1 aromatic carbocycles. The number of allylic oxidation sites excluding steroid dienone is 2. The Morgan fingerprint density at radius 1 is 1.30 bits per heavy atom. The summed E-state index contributed by atoms with van der Waals surface area (Å²) < 4.78 is 0. The summed E-state index contributed by atoms with van der Waals surface area (Å²) in [5.41, 5.74) is 14.7. The van der Waals surface area contributed by atoms with Crippen molar-refractivity contribution in [1.82, 2.24) is 15.5 Å². The number of hydrogen-bond donors (Lipinski definition) is 3. The predicted octanol–water partition coefficient (Wildman–Crippen LogP) is 3.46. The van der Waals surface area contributed by atoms with E-state index in [0.29, 0.717) is 19.6 Å². The van der Waals surface area contributed by atoms with Crippen molar-refractivity contribution in [2.24, 2.45) is 5.73 Å². The second-order valence-electron chi connectivity index (χ2n) is 9.72. The molecule has 33 heavy (non-hydrogen) atoms. The van der Waals surface area contributed by atoms with Gasteiger partial charge in [0.25, 0.3) is 0 Å². The van der Waals surface area contributed by atoms with Gasteiger partial charge in [0.15, 0.2) is 0 Å². The number of hydrogen-bond acceptors (Lipinski definition) is 4. The minimum absolute atomic E-state index is 0.0773. The van der Waals surface area contributed by atoms with E-state index in [1.165, 1.54) is 34.8 Å². The second kappa shape index (κ2) is 9.14. The van der Waals surface area contributed by atoms with Crippen LogP contribution in [0.1, 0.15) is 74.4 Å². The molecular formula is C26H35N5O2. The van der Waals surface area contributed by atoms with Gasteiger partial charge in [0.2, 0.25) is 11.8 Å². The number of nitrogens with two attached hydrogens (primary N) is 1. The Balaban J connectivity index is 1.83. The standard InChI is InChI=1S/C26H35N5O2/c1-16-13-22-23(31(12-11-28-17(2)32)25(33)26(22,3)4)14-21(16)19-8-5-7-18-15-29-30-24(18)20(19)9-6-10-27/h13-15H,5-12,27H2,1-4H3,(H,28,32)(H,29,30). The highest BCUT2D eigenvalue weighted by Crippen LogP contribution is 2.46. The number of nitrogens with zero attached hydrogens (tertiary/aromatic N) is 2. The fourth-order valence-corrected chi connectivity index (χ4v) is 5.24. The van der Waals surface area contributed by atoms with Crippen molar-refractivity contribution in [2.75, 3.05) is 24.5 Å². The molecule has 0 bridgehead atoms. The number of carbonyl (C=O) groups excluding carboxylic acids is 2. The first-order valence-electron chi connectivity index (χ1n) is 11.9. The lowest BCUT2D eigenvalue weighted by atomic mass is 9.82. The Hall–Kier alpha value is -2.93. The van der Waals surface area contributed by atoms with Crippen LogP contribution in [0.3, 0.4) is 0 Å². The summed E-state index contributed by atoms with van der Waals surface area (Å²) in [4.78, 5) is 26.5. The summed E-state index contributed by atoms with van der Waals surface area (Å²) in [6, 6.07) is 4.39. The number of nitrogens with one attached hydrogen (secondary N) is 2. The molecule has 4 rings (SSSR count). The molecule has 0 spiro atoms. The van der Waals surface area contributed by atoms with Gasteiger partial charge in [0.1, 0.15) is 0 Å². The minimum atomic E-state index is -0.592. The van der Waals surface area contributed by atoms with Crippen LogP contribution in [0.2, 0.25) is 0 Å². The van der Waals surface area contributed by atoms with Crippen LogP contribution in [-0.2, 0) is 21.4 Å². The molecule has 0 unspecified atom stereocenters. The van der Waals surface area contributed by atoms with E-state index < -0.39 is 5.41 Å². The third-order valence-corrected chi connectivity index (χ3v) is 7.01. The third-order valence-electron chi connectivity index (χ3n) is 7.01. The lowest BCUT2D eigenvalue weighted by Gasteiger charge is -2.21. The molecule has 0 fully saturated rings. The van der Waals surface area contributed by atoms with E-state index in [-0.39, 0.29) is 11.8 Å². The van der Waals surface area contributed by atoms with Crippen molar-refractivity contribution in [1.29, 1.82) is 0 Å². The molecule has 1 aromatic heterocycles. The first kappa shape index (κ1) is 23.2. The number of anilines is 1. The second-order valence-corrected chi connectivity index (χ2v) is 9.72. The van der Waals surface area contributed by atoms with Crippen LogP contribution in [0.15, 0.2) is 18.3 Å². The number of benzene rings is 1. The van der Waals surface area contributed by atoms with Crippen LogP contribution in [-0.4, -0.2) is 41.6 Å². The van der Waals surface area contributed by atoms with Crippen LogP contribution < -0.4 is 16.0 Å². The lowest BCUT2D eigenvalue weighted by molar-refractivity contribution is -0.122. The van der Waals surface area contributed by atoms with Gasteiger partial charge in [0.05, 0.1) is 17.3 Å². The van der Waals surface area contributed by atoms with E-state index in [2.05, 4.69) is 34.6 Å². The van der Waals surface area contributed by atoms with Gasteiger partial charge < -0.3 is 16.0 Å². The Kier molecular flexibility index (Phi) is 6.43. The highest BCUT2D eigenvalue weighted by atomic mass is 16.2. The summed E-state index contributed by atoms with van der Waals surface area (Å²) in [6.45, 7) is 9.14. The van der Waals surface area contributed by atoms with E-state index in [4.69, 9.17) is 5.73 Å². The quantitative estimate of drug-likeness (QED) is 0.602. The zero-order chi connectivity index (χ0) is 23.8. The van der Waals surface area contributed by atoms with Gasteiger partial charge >= 0.3 is 0 Å². The number of aromatic nitrogens is 2. The van der Waals surface area contributed by atoms with Gasteiger partial charge in [0, 0.05) is 25.7 Å². The summed E-state index contributed by atoms with van der Waals surface area (Å²) in [5.74, 6) is -0.0114. The van der Waals surface area contributed by atoms with Crippen LogP contribution in [0.25, 0.3) is 11.1 Å². The highest BCUT2D eigenvalue weighted by molar-refractivity contribution is 6.08. The Morgan fingerprint density at radius 2 is 2.09 bits per heavy atom. The number of rotatable bonds is 7. The van der Waals surface area contributed by atoms with Gasteiger partial charge in [-0.1, -0.05) is 6.07 Å². The summed E-state index contributed by atoms with van der Waals surface area (Å²) in [7, 11) is 0. The van der Waals surface area contributed by atoms with Crippen molar-refractivity contribution in [3.63, 3.8) is 0 Å². The first-order valence-corrected chi connectivity index (χ1v) is 11.9. The zero-order valence-corrected chi connectivity index (χ0v) is 20.2. The molecule has 2 amide bonds. The molecule has 2 aliphatic rings. The molecule has 0 atom stereocenters. The highest BCUT2D eigenvalue weighted by Gasteiger charge is 2.44. The fraction of sp³-hybridized carbons (Fsp3) is 0.500. The maximum absolute atomic E-state index is 13.3. The Bertz CT molecular complexity index is 1110. The number of amides is 2. The van der Waals surface area contributed by atoms with Gasteiger partial charge in [-0.05, 0) is 98.9 Å². The molecule has 7 nitrogen and oxygen atoms in total. The number of aryl methyl sites for hydroxylation is 2. The monoisotopic (exact) mass is 449 g/mol. The Morgan fingerprint density at radius 3 is 2.82 bits per heavy atom. The van der Waals surface area contributed by atoms with E-state index in [9.17, 15) is 9.59 Å². The SMILES string of the molecule is CC(=O)NCCN1C(=O)C(C)(C)c2cc(C)c(C3=C(CCCN)c4[nH]ncc4CCC3)cc21. The topological polar surface area (TPSA) is 104 Å². The molecule has 7 heteroatoms. The van der Waals surface area contributed by atoms with Crippen molar-refractivity contribution in [3.05, 3.63) is 46.3 Å². The van der Waals surface area contributed by atoms with Crippen molar-refractivity contribution < 1.29 is 9.59 Å². The van der Waals surface area contributed by atoms with Crippen LogP contribution >= 0.6 is 0 Å². The van der Waals surface area contributed by atoms with Crippen molar-refractivity contribution >= 4 is 28.6 Å². The number of H-pyrrole nitrogens is 1. The van der Waals surface area contributed by atoms with Gasteiger partial charge in [-0.2, -0.15) is 5.10 Å². The predicted molar refractivity (Wildman–Crippen MR) is 132 cm³/mol. The maximum Gasteiger partial charge on any atom is 0.237 e. The molecule has 176 valence electrons. The normalized spacial score (nSPS) is 17.1. The lowest BCUT2D eigenvalue weighted by Crippen LogP contribution is -2.40. The fourth-order valence-electron chi connectivity index (χ4n) is 5.24. The van der Waals surface area contributed by atoms with Gasteiger partial charge in [-0.15, -0.1) is 0 Å². The minimum Gasteiger partial charge on any atom is -0.355 e. The van der Waals surface area contributed by atoms with Crippen LogP contribution in [0.4, 0.5) is 5.69 Å². The Labute approximate surface area is 195 Å². The summed E-state index contributed by atoms with van der Waals surface area (Å²) in [5, 5.41) is 10.4. The van der Waals surface area contributed by atoms with E-state index in [0.717, 1.165) is 49.0 Å². The molecule has 2 aromatic rings. The third kappa shape index (κ3) is 4.22. The van der Waals surface area contributed by atoms with E-state index in [1.54, 1.807) is 0 Å². The van der Waals surface area contributed by atoms with Gasteiger partial charge in [-0.25, -0.2) is 0 Å². The molecule has 2 heterocycles. The first-order chi connectivity index (χ1) is 15.8. The zero-order valence-electron chi connectivity index (χ0n) is 20.2. The molecule has 1 aliphatic carbocycles. The van der Waals surface area contributed by atoms with Crippen LogP contribution in [0, 0.1) is 6.92 Å². The molecule has 1 aliphatic heterocycles. The average molecular weight is 450 g/mol. The number of fused-ring (bicyclic) bond motifs is 2. The molecule has 0 saturated heterocycles. The summed E-state index contributed by atoms with van der Waals surface area (Å²) in [6.07, 6.45) is 6.79. The maximum atomic E-state index is 13.3. The van der Waals surface area contributed by atoms with E-state index in [1.807, 2.05) is 24.9 Å². The smallest absolute Gasteiger partial charge is 0.237 e. The average Bonchev–Trinajstić information content (AvgIpc) is 3.23. The number of carbonyl (C=O) groups is 2. The van der Waals surface area contributed by atoms with Crippen molar-refractivity contribution in [2.45, 2.75) is 65.2 Å². The van der Waals surface area contributed by atoms with Crippen molar-refractivity contribution in [3.8, 4) is 0 Å². The van der Waals surface area contributed by atoms with E-state index >= 15 is 0 Å².